The third-order valence-electron chi connectivity index (χ3n) is 9.72. The summed E-state index contributed by atoms with van der Waals surface area (Å²) >= 11 is 8.52. The van der Waals surface area contributed by atoms with Crippen molar-refractivity contribution in [3.05, 3.63) is 134 Å². The van der Waals surface area contributed by atoms with Gasteiger partial charge < -0.3 is 19.5 Å². The van der Waals surface area contributed by atoms with E-state index in [4.69, 9.17) is 21.1 Å². The first-order chi connectivity index (χ1) is 27.2. The Hall–Kier alpha value is -4.31. The topological polar surface area (TPSA) is 148 Å². The number of thiophene rings is 1. The number of hydrogen-bond acceptors (Lipinski definition) is 12. The van der Waals surface area contributed by atoms with Crippen molar-refractivity contribution in [3.63, 3.8) is 0 Å². The van der Waals surface area contributed by atoms with Gasteiger partial charge in [0.1, 0.15) is 13.2 Å². The fourth-order valence-corrected chi connectivity index (χ4v) is 8.96. The summed E-state index contributed by atoms with van der Waals surface area (Å²) < 4.78 is 59.9. The van der Waals surface area contributed by atoms with Crippen LogP contribution in [-0.2, 0) is 58.4 Å². The van der Waals surface area contributed by atoms with Crippen LogP contribution in [0.1, 0.15) is 46.0 Å². The number of allylic oxidation sites excluding steroid dienone is 2. The van der Waals surface area contributed by atoms with Gasteiger partial charge in [0.15, 0.2) is 19.7 Å². The largest absolute Gasteiger partial charge is 0.461 e. The number of sulfone groups is 2. The molecule has 302 valence electrons. The Morgan fingerprint density at radius 2 is 1.40 bits per heavy atom. The predicted molar refractivity (Wildman–Crippen MR) is 224 cm³/mol. The molecule has 3 heterocycles. The molecule has 0 aliphatic carbocycles. The van der Waals surface area contributed by atoms with E-state index in [0.29, 0.717) is 21.7 Å². The molecule has 0 saturated carbocycles. The lowest BCUT2D eigenvalue weighted by molar-refractivity contribution is -0.142. The van der Waals surface area contributed by atoms with Gasteiger partial charge in [-0.1, -0.05) is 78.3 Å². The number of rotatable bonds is 15. The summed E-state index contributed by atoms with van der Waals surface area (Å²) in [6, 6.07) is 22.5. The maximum Gasteiger partial charge on any atom is 0.340 e. The molecule has 15 heteroatoms. The number of carbonyl (C=O) groups is 2. The number of hydrogen-bond donors (Lipinski definition) is 1. The van der Waals surface area contributed by atoms with Gasteiger partial charge in [0.2, 0.25) is 0 Å². The number of fused-ring (bicyclic) bond motifs is 1. The molecular formula is C42H45ClN2O9S3. The molecule has 4 aromatic rings. The molecule has 6 rings (SSSR count). The number of carbonyl (C=O) groups excluding carboxylic acids is 2. The van der Waals surface area contributed by atoms with Crippen molar-refractivity contribution in [2.75, 3.05) is 50.3 Å². The summed E-state index contributed by atoms with van der Waals surface area (Å²) in [5.74, 6) is -2.84. The Balaban J connectivity index is 1.54. The lowest BCUT2D eigenvalue weighted by Gasteiger charge is -2.32. The molecule has 3 aromatic carbocycles. The highest BCUT2D eigenvalue weighted by atomic mass is 35.5. The van der Waals surface area contributed by atoms with Gasteiger partial charge in [0.05, 0.1) is 46.9 Å². The minimum Gasteiger partial charge on any atom is -0.461 e. The van der Waals surface area contributed by atoms with Crippen molar-refractivity contribution in [2.45, 2.75) is 38.6 Å². The number of nitrogens with zero attached hydrogens (tertiary/aromatic N) is 2. The Kier molecular flexibility index (Phi) is 13.7. The van der Waals surface area contributed by atoms with E-state index in [9.17, 15) is 31.5 Å². The molecule has 2 aliphatic rings. The SMILES string of the molecule is CS(=O)(=O)CCOC(=O)C1=CC(c2ccc(CO)cc2)=CC(c2ccc(CN3CCCC3)cc2)N(Cc2sc3ccccc3c2Cl)C=C1C(=O)OCCS(C)(=O)=O. The van der Waals surface area contributed by atoms with Gasteiger partial charge in [-0.15, -0.1) is 11.3 Å². The quantitative estimate of drug-likeness (QED) is 0.135. The first-order valence-electron chi connectivity index (χ1n) is 18.5. The molecule has 1 N–H and O–H groups in total. The van der Waals surface area contributed by atoms with E-state index in [-0.39, 0.29) is 24.3 Å². The second-order valence-electron chi connectivity index (χ2n) is 14.3. The third kappa shape index (κ3) is 11.4. The summed E-state index contributed by atoms with van der Waals surface area (Å²) in [5.41, 5.74) is 3.40. The van der Waals surface area contributed by atoms with Crippen LogP contribution in [0.25, 0.3) is 15.7 Å². The molecule has 2 aliphatic heterocycles. The van der Waals surface area contributed by atoms with Crippen molar-refractivity contribution in [1.29, 1.82) is 0 Å². The number of halogens is 1. The van der Waals surface area contributed by atoms with Crippen LogP contribution < -0.4 is 0 Å². The minimum atomic E-state index is -3.51. The fourth-order valence-electron chi connectivity index (χ4n) is 6.69. The molecular weight excluding hydrogens is 808 g/mol. The standard InChI is InChI=1S/C42H45ClN2O9S3/c1-56(49,50)21-19-53-41(47)35-23-33(31-13-11-30(28-46)12-14-31)24-37(32-15-9-29(10-16-32)25-44-17-5-6-18-44)45(26-36(35)42(48)54-20-22-57(2,51)52)27-39-40(43)34-7-3-4-8-38(34)55-39/h3-4,7-16,23-24,26,37,46H,5-6,17-22,25,27-28H2,1-2H3. The normalized spacial score (nSPS) is 16.7. The summed E-state index contributed by atoms with van der Waals surface area (Å²) in [6.45, 7) is 1.98. The molecule has 0 radical (unpaired) electrons. The molecule has 0 amide bonds. The van der Waals surface area contributed by atoms with Crippen molar-refractivity contribution < 1.29 is 41.0 Å². The van der Waals surface area contributed by atoms with Crippen LogP contribution in [0.5, 0.6) is 0 Å². The van der Waals surface area contributed by atoms with Gasteiger partial charge in [-0.05, 0) is 72.0 Å². The molecule has 11 nitrogen and oxygen atoms in total. The molecule has 1 atom stereocenters. The lowest BCUT2D eigenvalue weighted by atomic mass is 9.92. The van der Waals surface area contributed by atoms with E-state index in [2.05, 4.69) is 17.0 Å². The average molecular weight is 853 g/mol. The van der Waals surface area contributed by atoms with E-state index in [1.54, 1.807) is 24.3 Å². The maximum atomic E-state index is 14.2. The average Bonchev–Trinajstić information content (AvgIpc) is 3.79. The molecule has 1 unspecified atom stereocenters. The molecule has 0 spiro atoms. The summed E-state index contributed by atoms with van der Waals surface area (Å²) in [7, 11) is -7.01. The predicted octanol–water partition coefficient (Wildman–Crippen LogP) is 6.27. The number of ether oxygens (including phenoxy) is 2. The minimum absolute atomic E-state index is 0.183. The van der Waals surface area contributed by atoms with Crippen LogP contribution in [0, 0.1) is 0 Å². The fraction of sp³-hybridized carbons (Fsp3) is 0.333. The smallest absolute Gasteiger partial charge is 0.340 e. The van der Waals surface area contributed by atoms with Crippen LogP contribution in [0.3, 0.4) is 0 Å². The van der Waals surface area contributed by atoms with Crippen molar-refractivity contribution in [1.82, 2.24) is 9.80 Å². The van der Waals surface area contributed by atoms with Crippen LogP contribution >= 0.6 is 22.9 Å². The maximum absolute atomic E-state index is 14.2. The number of aliphatic hydroxyl groups is 1. The van der Waals surface area contributed by atoms with Gasteiger partial charge in [0, 0.05) is 40.2 Å². The highest BCUT2D eigenvalue weighted by Crippen LogP contribution is 2.40. The Morgan fingerprint density at radius 1 is 0.807 bits per heavy atom. The van der Waals surface area contributed by atoms with Gasteiger partial charge in [-0.2, -0.15) is 0 Å². The zero-order valence-corrected chi connectivity index (χ0v) is 34.9. The zero-order valence-electron chi connectivity index (χ0n) is 31.7. The van der Waals surface area contributed by atoms with Crippen LogP contribution in [0.15, 0.2) is 102 Å². The van der Waals surface area contributed by atoms with E-state index < -0.39 is 62.4 Å². The highest BCUT2D eigenvalue weighted by molar-refractivity contribution is 7.90. The van der Waals surface area contributed by atoms with Gasteiger partial charge in [0.25, 0.3) is 0 Å². The number of esters is 2. The van der Waals surface area contributed by atoms with E-state index in [1.165, 1.54) is 36.5 Å². The first-order valence-corrected chi connectivity index (χ1v) is 23.8. The van der Waals surface area contributed by atoms with Crippen LogP contribution in [0.4, 0.5) is 0 Å². The second-order valence-corrected chi connectivity index (χ2v) is 20.3. The number of benzene rings is 3. The van der Waals surface area contributed by atoms with Crippen molar-refractivity contribution >= 4 is 70.2 Å². The van der Waals surface area contributed by atoms with E-state index in [1.807, 2.05) is 47.4 Å². The van der Waals surface area contributed by atoms with Crippen molar-refractivity contribution in [2.24, 2.45) is 0 Å². The number of aliphatic hydroxyl groups excluding tert-OH is 1. The summed E-state index contributed by atoms with van der Waals surface area (Å²) in [6.07, 6.45) is 9.38. The van der Waals surface area contributed by atoms with E-state index >= 15 is 0 Å². The zero-order chi connectivity index (χ0) is 40.7. The van der Waals surface area contributed by atoms with Crippen molar-refractivity contribution in [3.8, 4) is 0 Å². The second kappa shape index (κ2) is 18.5. The Labute approximate surface area is 342 Å². The molecule has 1 saturated heterocycles. The lowest BCUT2D eigenvalue weighted by Crippen LogP contribution is -2.28. The summed E-state index contributed by atoms with van der Waals surface area (Å²) in [4.78, 5) is 33.3. The van der Waals surface area contributed by atoms with E-state index in [0.717, 1.165) is 58.2 Å². The monoisotopic (exact) mass is 852 g/mol. The summed E-state index contributed by atoms with van der Waals surface area (Å²) in [5, 5.41) is 11.2. The van der Waals surface area contributed by atoms with Crippen LogP contribution in [-0.4, -0.2) is 94.0 Å². The van der Waals surface area contributed by atoms with Gasteiger partial charge in [-0.25, -0.2) is 26.4 Å². The first kappa shape index (κ1) is 42.3. The number of likely N-dealkylation sites (tertiary alicyclic amines) is 1. The molecule has 0 bridgehead atoms. The van der Waals surface area contributed by atoms with Gasteiger partial charge in [-0.3, -0.25) is 4.90 Å². The Bertz CT molecular complexity index is 2420. The molecule has 1 fully saturated rings. The van der Waals surface area contributed by atoms with Gasteiger partial charge >= 0.3 is 11.9 Å². The molecule has 57 heavy (non-hydrogen) atoms. The highest BCUT2D eigenvalue weighted by Gasteiger charge is 2.31. The Morgan fingerprint density at radius 3 is 2.00 bits per heavy atom. The van der Waals surface area contributed by atoms with Crippen LogP contribution in [0.2, 0.25) is 5.02 Å². The third-order valence-corrected chi connectivity index (χ3v) is 13.2. The molecule has 1 aromatic heterocycles.